The van der Waals surface area contributed by atoms with Crippen LogP contribution in [0, 0.1) is 0 Å². The van der Waals surface area contributed by atoms with Crippen LogP contribution < -0.4 is 5.32 Å². The van der Waals surface area contributed by atoms with Gasteiger partial charge in [0.15, 0.2) is 5.03 Å². The number of hydrogen-bond acceptors (Lipinski definition) is 4. The Morgan fingerprint density at radius 2 is 1.96 bits per heavy atom. The summed E-state index contributed by atoms with van der Waals surface area (Å²) in [5.41, 5.74) is 0.662. The van der Waals surface area contributed by atoms with Gasteiger partial charge in [0, 0.05) is 13.6 Å². The molecule has 2 heterocycles. The molecular weight excluding hydrogens is 328 g/mol. The molecule has 1 aromatic carbocycles. The molecule has 1 unspecified atom stereocenters. The molecule has 8 heteroatoms. The van der Waals surface area contributed by atoms with E-state index < -0.39 is 16.1 Å². The summed E-state index contributed by atoms with van der Waals surface area (Å²) in [5.74, 6) is -0.274. The first-order valence-electron chi connectivity index (χ1n) is 7.88. The largest absolute Gasteiger partial charge is 0.358 e. The molecule has 0 saturated carbocycles. The lowest BCUT2D eigenvalue weighted by atomic mass is 10.0. The summed E-state index contributed by atoms with van der Waals surface area (Å²) in [6.45, 7) is 0.334. The van der Waals surface area contributed by atoms with Gasteiger partial charge in [-0.05, 0) is 31.0 Å². The van der Waals surface area contributed by atoms with Gasteiger partial charge in [-0.1, -0.05) is 24.6 Å². The van der Waals surface area contributed by atoms with E-state index >= 15 is 0 Å². The second-order valence-electron chi connectivity index (χ2n) is 5.66. The first kappa shape index (κ1) is 16.7. The van der Waals surface area contributed by atoms with Gasteiger partial charge in [0.2, 0.25) is 5.91 Å². The smallest absolute Gasteiger partial charge is 0.261 e. The Kier molecular flexibility index (Phi) is 4.68. The zero-order valence-electron chi connectivity index (χ0n) is 13.4. The van der Waals surface area contributed by atoms with E-state index in [9.17, 15) is 13.2 Å². The fraction of sp³-hybridized carbons (Fsp3) is 0.375. The molecule has 1 saturated heterocycles. The van der Waals surface area contributed by atoms with E-state index in [0.29, 0.717) is 18.7 Å². The average Bonchev–Trinajstić information content (AvgIpc) is 3.12. The minimum atomic E-state index is -3.83. The zero-order chi connectivity index (χ0) is 17.2. The first-order chi connectivity index (χ1) is 11.6. The summed E-state index contributed by atoms with van der Waals surface area (Å²) in [6, 6.07) is 9.87. The number of likely N-dealkylation sites (N-methyl/N-ethyl adjacent to an activating group) is 1. The van der Waals surface area contributed by atoms with E-state index in [1.54, 1.807) is 12.1 Å². The number of aromatic nitrogens is 2. The topological polar surface area (TPSA) is 84.3 Å². The highest BCUT2D eigenvalue weighted by Crippen LogP contribution is 2.26. The standard InChI is InChI=1S/C16H20N4O3S/c1-17-16(21)14-9-5-6-12-19(14)24(22,23)15-10-11-18-20(15)13-7-3-2-4-8-13/h2-4,7-8,10-11,14H,5-6,9,12H2,1H3,(H,17,21). The monoisotopic (exact) mass is 348 g/mol. The third-order valence-electron chi connectivity index (χ3n) is 4.18. The molecule has 0 bridgehead atoms. The normalized spacial score (nSPS) is 19.1. The maximum atomic E-state index is 13.2. The molecule has 1 amide bonds. The van der Waals surface area contributed by atoms with E-state index in [1.165, 1.54) is 28.3 Å². The Labute approximate surface area is 141 Å². The predicted octanol–water partition coefficient (Wildman–Crippen LogP) is 1.16. The van der Waals surface area contributed by atoms with Crippen molar-refractivity contribution in [3.05, 3.63) is 42.6 Å². The molecule has 0 spiro atoms. The van der Waals surface area contributed by atoms with Crippen molar-refractivity contribution < 1.29 is 13.2 Å². The highest BCUT2D eigenvalue weighted by Gasteiger charge is 2.38. The number of amides is 1. The Balaban J connectivity index is 2.02. The van der Waals surface area contributed by atoms with E-state index in [-0.39, 0.29) is 10.9 Å². The average molecular weight is 348 g/mol. The molecule has 24 heavy (non-hydrogen) atoms. The van der Waals surface area contributed by atoms with Crippen molar-refractivity contribution in [2.24, 2.45) is 0 Å². The van der Waals surface area contributed by atoms with Gasteiger partial charge in [-0.2, -0.15) is 9.40 Å². The molecular formula is C16H20N4O3S. The Morgan fingerprint density at radius 3 is 2.67 bits per heavy atom. The summed E-state index contributed by atoms with van der Waals surface area (Å²) in [6.07, 6.45) is 3.56. The number of carbonyl (C=O) groups is 1. The highest BCUT2D eigenvalue weighted by atomic mass is 32.2. The Morgan fingerprint density at radius 1 is 1.21 bits per heavy atom. The van der Waals surface area contributed by atoms with Crippen molar-refractivity contribution in [1.82, 2.24) is 19.4 Å². The molecule has 1 aliphatic heterocycles. The second kappa shape index (κ2) is 6.74. The minimum Gasteiger partial charge on any atom is -0.358 e. The van der Waals surface area contributed by atoms with Crippen LogP contribution in [0.2, 0.25) is 0 Å². The van der Waals surface area contributed by atoms with Crippen LogP contribution >= 0.6 is 0 Å². The van der Waals surface area contributed by atoms with Gasteiger partial charge in [-0.15, -0.1) is 0 Å². The maximum Gasteiger partial charge on any atom is 0.261 e. The molecule has 0 aliphatic carbocycles. The molecule has 7 nitrogen and oxygen atoms in total. The van der Waals surface area contributed by atoms with Crippen LogP contribution in [0.1, 0.15) is 19.3 Å². The number of carbonyl (C=O) groups excluding carboxylic acids is 1. The van der Waals surface area contributed by atoms with Gasteiger partial charge in [0.05, 0.1) is 11.9 Å². The van der Waals surface area contributed by atoms with Crippen LogP contribution in [-0.4, -0.2) is 48.0 Å². The van der Waals surface area contributed by atoms with E-state index in [0.717, 1.165) is 12.8 Å². The summed E-state index contributed by atoms with van der Waals surface area (Å²) in [4.78, 5) is 12.1. The lowest BCUT2D eigenvalue weighted by Crippen LogP contribution is -2.51. The highest BCUT2D eigenvalue weighted by molar-refractivity contribution is 7.89. The number of benzene rings is 1. The van der Waals surface area contributed by atoms with Crippen molar-refractivity contribution in [2.45, 2.75) is 30.3 Å². The van der Waals surface area contributed by atoms with Crippen molar-refractivity contribution in [2.75, 3.05) is 13.6 Å². The van der Waals surface area contributed by atoms with Gasteiger partial charge in [-0.25, -0.2) is 13.1 Å². The summed E-state index contributed by atoms with van der Waals surface area (Å²) in [7, 11) is -2.31. The molecule has 128 valence electrons. The van der Waals surface area contributed by atoms with Crippen molar-refractivity contribution in [3.63, 3.8) is 0 Å². The number of piperidine rings is 1. The first-order valence-corrected chi connectivity index (χ1v) is 9.32. The summed E-state index contributed by atoms with van der Waals surface area (Å²) < 4.78 is 29.0. The lowest BCUT2D eigenvalue weighted by molar-refractivity contribution is -0.125. The Bertz CT molecular complexity index is 817. The fourth-order valence-electron chi connectivity index (χ4n) is 2.99. The predicted molar refractivity (Wildman–Crippen MR) is 89.2 cm³/mol. The molecule has 1 aromatic heterocycles. The molecule has 1 fully saturated rings. The molecule has 1 atom stereocenters. The molecule has 0 radical (unpaired) electrons. The minimum absolute atomic E-state index is 0.0736. The summed E-state index contributed by atoms with van der Waals surface area (Å²) in [5, 5.41) is 6.78. The third kappa shape index (κ3) is 2.94. The summed E-state index contributed by atoms with van der Waals surface area (Å²) >= 11 is 0. The van der Waals surface area contributed by atoms with Gasteiger partial charge in [-0.3, -0.25) is 4.79 Å². The zero-order valence-corrected chi connectivity index (χ0v) is 14.2. The molecule has 1 N–H and O–H groups in total. The number of rotatable bonds is 4. The second-order valence-corrected chi connectivity index (χ2v) is 7.50. The van der Waals surface area contributed by atoms with Crippen LogP contribution in [-0.2, 0) is 14.8 Å². The quantitative estimate of drug-likeness (QED) is 0.899. The van der Waals surface area contributed by atoms with Gasteiger partial charge >= 0.3 is 0 Å². The van der Waals surface area contributed by atoms with Crippen molar-refractivity contribution >= 4 is 15.9 Å². The van der Waals surface area contributed by atoms with Crippen molar-refractivity contribution in [3.8, 4) is 5.69 Å². The maximum absolute atomic E-state index is 13.2. The molecule has 2 aromatic rings. The van der Waals surface area contributed by atoms with Crippen LogP contribution in [0.5, 0.6) is 0 Å². The van der Waals surface area contributed by atoms with Crippen molar-refractivity contribution in [1.29, 1.82) is 0 Å². The number of hydrogen-bond donors (Lipinski definition) is 1. The van der Waals surface area contributed by atoms with E-state index in [2.05, 4.69) is 10.4 Å². The number of nitrogens with zero attached hydrogens (tertiary/aromatic N) is 3. The van der Waals surface area contributed by atoms with Crippen LogP contribution in [0.4, 0.5) is 0 Å². The lowest BCUT2D eigenvalue weighted by Gasteiger charge is -2.33. The number of nitrogens with one attached hydrogen (secondary N) is 1. The number of para-hydroxylation sites is 1. The van der Waals surface area contributed by atoms with Gasteiger partial charge in [0.1, 0.15) is 6.04 Å². The van der Waals surface area contributed by atoms with Crippen LogP contribution in [0.3, 0.4) is 0 Å². The molecule has 1 aliphatic rings. The molecule has 3 rings (SSSR count). The Hall–Kier alpha value is -2.19. The fourth-order valence-corrected chi connectivity index (χ4v) is 4.74. The SMILES string of the molecule is CNC(=O)C1CCCCN1S(=O)(=O)c1ccnn1-c1ccccc1. The van der Waals surface area contributed by atoms with E-state index in [1.807, 2.05) is 18.2 Å². The van der Waals surface area contributed by atoms with Gasteiger partial charge < -0.3 is 5.32 Å². The number of sulfonamides is 1. The van der Waals surface area contributed by atoms with Crippen LogP contribution in [0.25, 0.3) is 5.69 Å². The van der Waals surface area contributed by atoms with E-state index in [4.69, 9.17) is 0 Å². The van der Waals surface area contributed by atoms with Gasteiger partial charge in [0.25, 0.3) is 10.0 Å². The third-order valence-corrected chi connectivity index (χ3v) is 6.08. The van der Waals surface area contributed by atoms with Crippen LogP contribution in [0.15, 0.2) is 47.6 Å².